The quantitative estimate of drug-likeness (QED) is 0.338. The van der Waals surface area contributed by atoms with Gasteiger partial charge in [-0.15, -0.1) is 24.3 Å². The summed E-state index contributed by atoms with van der Waals surface area (Å²) in [6.45, 7) is 0. The van der Waals surface area contributed by atoms with Crippen molar-refractivity contribution in [1.82, 2.24) is 0 Å². The van der Waals surface area contributed by atoms with Crippen LogP contribution >= 0.6 is 0 Å². The molecule has 0 saturated heterocycles. The van der Waals surface area contributed by atoms with Crippen molar-refractivity contribution < 1.29 is 24.5 Å². The molecule has 81 valence electrons. The number of rotatable bonds is 0. The van der Waals surface area contributed by atoms with Crippen LogP contribution in [-0.2, 0) is 20.1 Å². The Bertz CT molecular complexity index is 701. The van der Waals surface area contributed by atoms with Gasteiger partial charge in [0.05, 0.1) is 0 Å². The van der Waals surface area contributed by atoms with Crippen molar-refractivity contribution in [3.8, 4) is 0 Å². The first-order valence-electron chi connectivity index (χ1n) is 4.60. The molecule has 0 bridgehead atoms. The van der Waals surface area contributed by atoms with Gasteiger partial charge in [0.25, 0.3) is 5.63 Å². The first-order valence-corrected chi connectivity index (χ1v) is 4.60. The molecule has 0 aliphatic rings. The fourth-order valence-electron chi connectivity index (χ4n) is 1.67. The van der Waals surface area contributed by atoms with Crippen LogP contribution in [0.4, 0.5) is 0 Å². The van der Waals surface area contributed by atoms with Crippen molar-refractivity contribution in [2.45, 2.75) is 0 Å². The van der Waals surface area contributed by atoms with Crippen LogP contribution in [0.3, 0.4) is 0 Å². The van der Waals surface area contributed by atoms with E-state index in [0.717, 1.165) is 10.8 Å². The van der Waals surface area contributed by atoms with Crippen LogP contribution in [0.5, 0.6) is 0 Å². The van der Waals surface area contributed by atoms with Gasteiger partial charge < -0.3 is 4.42 Å². The summed E-state index contributed by atoms with van der Waals surface area (Å²) in [5.74, 6) is 0. The van der Waals surface area contributed by atoms with Gasteiger partial charge in [-0.2, -0.15) is 29.7 Å². The normalized spacial score (nSPS) is 10.2. The van der Waals surface area contributed by atoms with Crippen molar-refractivity contribution in [2.24, 2.45) is 0 Å². The average Bonchev–Trinajstić information content (AvgIpc) is 2.30. The monoisotopic (exact) mass is 387 g/mol. The van der Waals surface area contributed by atoms with Gasteiger partial charge in [0.15, 0.2) is 0 Å². The smallest absolute Gasteiger partial charge is 0.281 e. The Morgan fingerprint density at radius 2 is 1.69 bits per heavy atom. The Morgan fingerprint density at radius 3 is 2.50 bits per heavy atom. The summed E-state index contributed by atoms with van der Waals surface area (Å²) in [6.07, 6.45) is 0. The zero-order valence-corrected chi connectivity index (χ0v) is 10.5. The van der Waals surface area contributed by atoms with Gasteiger partial charge >= 0.3 is 0 Å². The standard InChI is InChI=1S/C13H6O2.Ir/c14-13-11-7-2-1-5-9(11)10-6-3-4-8-12(10)15-13;/h1-4,7-8H;/q-2;. The fourth-order valence-corrected chi connectivity index (χ4v) is 1.67. The van der Waals surface area contributed by atoms with Gasteiger partial charge in [-0.25, -0.2) is 5.39 Å². The molecule has 16 heavy (non-hydrogen) atoms. The minimum atomic E-state index is -0.325. The Labute approximate surface area is 105 Å². The van der Waals surface area contributed by atoms with Gasteiger partial charge in [0.1, 0.15) is 0 Å². The molecular formula is C13H6IrO2-2. The minimum Gasteiger partial charge on any atom is -0.489 e. The molecule has 0 fully saturated rings. The van der Waals surface area contributed by atoms with Crippen LogP contribution < -0.4 is 5.63 Å². The molecule has 0 aliphatic heterocycles. The van der Waals surface area contributed by atoms with Crippen LogP contribution in [0.15, 0.2) is 45.6 Å². The largest absolute Gasteiger partial charge is 0.489 e. The van der Waals surface area contributed by atoms with E-state index < -0.39 is 0 Å². The third-order valence-corrected chi connectivity index (χ3v) is 2.35. The SMILES string of the molecule is O=c1oc2ccc[c-]c2c2[c-]cccc12.[Ir]. The van der Waals surface area contributed by atoms with Crippen molar-refractivity contribution in [3.63, 3.8) is 0 Å². The number of fused-ring (bicyclic) bond motifs is 3. The minimum absolute atomic E-state index is 0. The van der Waals surface area contributed by atoms with Crippen molar-refractivity contribution in [3.05, 3.63) is 59.0 Å². The second-order valence-corrected chi connectivity index (χ2v) is 3.26. The van der Waals surface area contributed by atoms with Crippen LogP contribution in [-0.4, -0.2) is 0 Å². The molecule has 1 heterocycles. The molecule has 3 heteroatoms. The van der Waals surface area contributed by atoms with E-state index in [-0.39, 0.29) is 25.7 Å². The second kappa shape index (κ2) is 4.20. The molecule has 0 atom stereocenters. The van der Waals surface area contributed by atoms with E-state index in [0.29, 0.717) is 11.0 Å². The first-order chi connectivity index (χ1) is 7.36. The van der Waals surface area contributed by atoms with Crippen LogP contribution in [0.25, 0.3) is 21.7 Å². The zero-order chi connectivity index (χ0) is 10.3. The Morgan fingerprint density at radius 1 is 1.00 bits per heavy atom. The maximum absolute atomic E-state index is 11.6. The molecule has 3 rings (SSSR count). The van der Waals surface area contributed by atoms with E-state index in [9.17, 15) is 4.79 Å². The zero-order valence-electron chi connectivity index (χ0n) is 8.11. The first kappa shape index (κ1) is 11.1. The Kier molecular flexibility index (Phi) is 2.90. The summed E-state index contributed by atoms with van der Waals surface area (Å²) >= 11 is 0. The molecule has 0 saturated carbocycles. The molecule has 0 amide bonds. The van der Waals surface area contributed by atoms with Crippen molar-refractivity contribution >= 4 is 21.7 Å². The third kappa shape index (κ3) is 1.58. The fraction of sp³-hybridized carbons (Fsp3) is 0. The summed E-state index contributed by atoms with van der Waals surface area (Å²) in [7, 11) is 0. The molecule has 0 N–H and O–H groups in total. The van der Waals surface area contributed by atoms with Crippen LogP contribution in [0.2, 0.25) is 0 Å². The molecule has 1 aromatic heterocycles. The summed E-state index contributed by atoms with van der Waals surface area (Å²) in [4.78, 5) is 11.6. The molecular weight excluding hydrogens is 380 g/mol. The molecule has 0 aliphatic carbocycles. The molecule has 2 aromatic carbocycles. The summed E-state index contributed by atoms with van der Waals surface area (Å²) in [6, 6.07) is 16.7. The topological polar surface area (TPSA) is 30.2 Å². The molecule has 0 spiro atoms. The summed E-state index contributed by atoms with van der Waals surface area (Å²) in [5.41, 5.74) is 0.228. The van der Waals surface area contributed by atoms with Crippen LogP contribution in [0.1, 0.15) is 0 Å². The maximum Gasteiger partial charge on any atom is 0.281 e. The number of benzene rings is 2. The predicted molar refractivity (Wildman–Crippen MR) is 57.7 cm³/mol. The van der Waals surface area contributed by atoms with Gasteiger partial charge in [0.2, 0.25) is 0 Å². The van der Waals surface area contributed by atoms with Gasteiger partial charge in [-0.3, -0.25) is 4.79 Å². The van der Waals surface area contributed by atoms with Crippen molar-refractivity contribution in [1.29, 1.82) is 0 Å². The van der Waals surface area contributed by atoms with E-state index in [2.05, 4.69) is 12.1 Å². The van der Waals surface area contributed by atoms with E-state index in [1.165, 1.54) is 0 Å². The van der Waals surface area contributed by atoms with Gasteiger partial charge in [0, 0.05) is 25.7 Å². The van der Waals surface area contributed by atoms with Gasteiger partial charge in [-0.1, -0.05) is 5.39 Å². The molecule has 2 nitrogen and oxygen atoms in total. The van der Waals surface area contributed by atoms with Crippen LogP contribution in [0, 0.1) is 12.1 Å². The number of hydrogen-bond acceptors (Lipinski definition) is 2. The second-order valence-electron chi connectivity index (χ2n) is 3.26. The van der Waals surface area contributed by atoms with Gasteiger partial charge in [-0.05, 0) is 0 Å². The van der Waals surface area contributed by atoms with Crippen molar-refractivity contribution in [2.75, 3.05) is 0 Å². The maximum atomic E-state index is 11.6. The number of hydrogen-bond donors (Lipinski definition) is 0. The predicted octanol–water partition coefficient (Wildman–Crippen LogP) is 2.54. The molecule has 3 aromatic rings. The van der Waals surface area contributed by atoms with E-state index in [1.807, 2.05) is 0 Å². The average molecular weight is 386 g/mol. The summed E-state index contributed by atoms with van der Waals surface area (Å²) in [5, 5.41) is 2.12. The molecule has 0 unspecified atom stereocenters. The molecule has 1 radical (unpaired) electrons. The van der Waals surface area contributed by atoms with E-state index in [1.54, 1.807) is 36.4 Å². The third-order valence-electron chi connectivity index (χ3n) is 2.35. The Hall–Kier alpha value is -1.44. The van der Waals surface area contributed by atoms with E-state index in [4.69, 9.17) is 4.42 Å². The summed E-state index contributed by atoms with van der Waals surface area (Å²) < 4.78 is 5.17. The Balaban J connectivity index is 0.000000963. The van der Waals surface area contributed by atoms with E-state index >= 15 is 0 Å².